The van der Waals surface area contributed by atoms with Gasteiger partial charge in [0.15, 0.2) is 0 Å². The Morgan fingerprint density at radius 3 is 2.50 bits per heavy atom. The van der Waals surface area contributed by atoms with Crippen molar-refractivity contribution in [3.63, 3.8) is 0 Å². The zero-order valence-corrected chi connectivity index (χ0v) is 14.2. The molecule has 0 spiro atoms. The van der Waals surface area contributed by atoms with Crippen molar-refractivity contribution < 1.29 is 8.42 Å². The maximum Gasteiger partial charge on any atom is 0.252 e. The SMILES string of the molecule is CCNC1CCC(N(C)S(=O)(=O)c2ccc(Cl)s2)CC1. The first-order valence-corrected chi connectivity index (χ1v) is 9.55. The summed E-state index contributed by atoms with van der Waals surface area (Å²) in [7, 11) is -1.72. The highest BCUT2D eigenvalue weighted by Crippen LogP contribution is 2.31. The topological polar surface area (TPSA) is 49.4 Å². The lowest BCUT2D eigenvalue weighted by Crippen LogP contribution is -2.43. The van der Waals surface area contributed by atoms with E-state index in [9.17, 15) is 8.42 Å². The van der Waals surface area contributed by atoms with Crippen LogP contribution in [0.25, 0.3) is 0 Å². The molecule has 1 aromatic rings. The number of hydrogen-bond acceptors (Lipinski definition) is 4. The summed E-state index contributed by atoms with van der Waals surface area (Å²) in [4.78, 5) is 0. The van der Waals surface area contributed by atoms with E-state index < -0.39 is 10.0 Å². The Morgan fingerprint density at radius 1 is 1.35 bits per heavy atom. The molecule has 7 heteroatoms. The smallest absolute Gasteiger partial charge is 0.252 e. The van der Waals surface area contributed by atoms with Crippen LogP contribution in [0, 0.1) is 0 Å². The van der Waals surface area contributed by atoms with Crippen molar-refractivity contribution in [1.29, 1.82) is 0 Å². The number of rotatable bonds is 5. The van der Waals surface area contributed by atoms with Crippen LogP contribution in [0.2, 0.25) is 4.34 Å². The third-order valence-corrected chi connectivity index (χ3v) is 7.49. The highest BCUT2D eigenvalue weighted by Gasteiger charge is 2.32. The van der Waals surface area contributed by atoms with E-state index in [0.717, 1.165) is 43.6 Å². The van der Waals surface area contributed by atoms with Crippen molar-refractivity contribution in [3.05, 3.63) is 16.5 Å². The van der Waals surface area contributed by atoms with Crippen LogP contribution >= 0.6 is 22.9 Å². The Kier molecular flexibility index (Phi) is 5.48. The van der Waals surface area contributed by atoms with Gasteiger partial charge in [-0.05, 0) is 44.4 Å². The summed E-state index contributed by atoms with van der Waals surface area (Å²) in [5, 5.41) is 3.43. The Labute approximate surface area is 130 Å². The molecule has 1 heterocycles. The van der Waals surface area contributed by atoms with E-state index in [4.69, 9.17) is 11.6 Å². The lowest BCUT2D eigenvalue weighted by Gasteiger charge is -2.34. The second-order valence-corrected chi connectivity index (χ2v) is 9.08. The number of hydrogen-bond donors (Lipinski definition) is 1. The quantitative estimate of drug-likeness (QED) is 0.899. The number of nitrogens with one attached hydrogen (secondary N) is 1. The monoisotopic (exact) mass is 336 g/mol. The van der Waals surface area contributed by atoms with Gasteiger partial charge in [-0.15, -0.1) is 11.3 Å². The average Bonchev–Trinajstić information content (AvgIpc) is 2.86. The fraction of sp³-hybridized carbons (Fsp3) is 0.692. The van der Waals surface area contributed by atoms with Gasteiger partial charge in [-0.3, -0.25) is 0 Å². The summed E-state index contributed by atoms with van der Waals surface area (Å²) < 4.78 is 27.4. The van der Waals surface area contributed by atoms with Crippen molar-refractivity contribution in [2.45, 2.75) is 48.9 Å². The van der Waals surface area contributed by atoms with E-state index in [-0.39, 0.29) is 6.04 Å². The third-order valence-electron chi connectivity index (χ3n) is 3.89. The average molecular weight is 337 g/mol. The van der Waals surface area contributed by atoms with Crippen LogP contribution < -0.4 is 5.32 Å². The molecule has 0 atom stereocenters. The van der Waals surface area contributed by atoms with Gasteiger partial charge in [0.05, 0.1) is 4.34 Å². The highest BCUT2D eigenvalue weighted by atomic mass is 35.5. The van der Waals surface area contributed by atoms with Crippen LogP contribution in [0.5, 0.6) is 0 Å². The molecule has 0 saturated heterocycles. The normalized spacial score (nSPS) is 24.2. The minimum absolute atomic E-state index is 0.0933. The minimum atomic E-state index is -3.40. The molecule has 0 amide bonds. The molecule has 20 heavy (non-hydrogen) atoms. The minimum Gasteiger partial charge on any atom is -0.314 e. The molecule has 2 rings (SSSR count). The Morgan fingerprint density at radius 2 is 2.00 bits per heavy atom. The van der Waals surface area contributed by atoms with E-state index in [2.05, 4.69) is 12.2 Å². The number of halogens is 1. The first-order valence-electron chi connectivity index (χ1n) is 6.92. The number of sulfonamides is 1. The summed E-state index contributed by atoms with van der Waals surface area (Å²) in [6.07, 6.45) is 3.88. The van der Waals surface area contributed by atoms with E-state index >= 15 is 0 Å². The molecule has 1 aliphatic carbocycles. The van der Waals surface area contributed by atoms with Crippen molar-refractivity contribution >= 4 is 33.0 Å². The van der Waals surface area contributed by atoms with Crippen LogP contribution in [-0.4, -0.2) is 38.4 Å². The third kappa shape index (κ3) is 3.54. The molecule has 1 fully saturated rings. The first-order chi connectivity index (χ1) is 9.45. The maximum absolute atomic E-state index is 12.5. The molecular weight excluding hydrogens is 316 g/mol. The largest absolute Gasteiger partial charge is 0.314 e. The van der Waals surface area contributed by atoms with E-state index in [1.807, 2.05) is 0 Å². The van der Waals surface area contributed by atoms with Crippen LogP contribution in [0.4, 0.5) is 0 Å². The van der Waals surface area contributed by atoms with E-state index in [1.54, 1.807) is 19.2 Å². The van der Waals surface area contributed by atoms with Crippen LogP contribution in [0.3, 0.4) is 0 Å². The van der Waals surface area contributed by atoms with Gasteiger partial charge < -0.3 is 5.32 Å². The fourth-order valence-corrected chi connectivity index (χ4v) is 5.79. The van der Waals surface area contributed by atoms with Crippen molar-refractivity contribution in [1.82, 2.24) is 9.62 Å². The number of nitrogens with zero attached hydrogens (tertiary/aromatic N) is 1. The van der Waals surface area contributed by atoms with Crippen molar-refractivity contribution in [3.8, 4) is 0 Å². The fourth-order valence-electron chi connectivity index (χ4n) is 2.71. The predicted octanol–water partition coefficient (Wildman–Crippen LogP) is 2.94. The summed E-state index contributed by atoms with van der Waals surface area (Å²) in [5.41, 5.74) is 0. The standard InChI is InChI=1S/C13H21ClN2O2S2/c1-3-15-10-4-6-11(7-5-10)16(2)20(17,18)13-9-8-12(14)19-13/h8-11,15H,3-7H2,1-2H3. The predicted molar refractivity (Wildman–Crippen MR) is 84.0 cm³/mol. The van der Waals surface area contributed by atoms with Crippen LogP contribution in [-0.2, 0) is 10.0 Å². The van der Waals surface area contributed by atoms with Gasteiger partial charge in [0.25, 0.3) is 10.0 Å². The molecule has 1 aliphatic rings. The second-order valence-electron chi connectivity index (χ2n) is 5.14. The van der Waals surface area contributed by atoms with Crippen LogP contribution in [0.15, 0.2) is 16.3 Å². The van der Waals surface area contributed by atoms with Gasteiger partial charge in [-0.2, -0.15) is 4.31 Å². The molecule has 1 aromatic heterocycles. The van der Waals surface area contributed by atoms with E-state index in [0.29, 0.717) is 14.6 Å². The zero-order valence-electron chi connectivity index (χ0n) is 11.8. The van der Waals surface area contributed by atoms with Crippen molar-refractivity contribution in [2.75, 3.05) is 13.6 Å². The molecule has 4 nitrogen and oxygen atoms in total. The van der Waals surface area contributed by atoms with Gasteiger partial charge in [0, 0.05) is 19.1 Å². The molecule has 0 aliphatic heterocycles. The summed E-state index contributed by atoms with van der Waals surface area (Å²) >= 11 is 6.96. The molecular formula is C13H21ClN2O2S2. The lowest BCUT2D eigenvalue weighted by molar-refractivity contribution is 0.251. The van der Waals surface area contributed by atoms with Crippen LogP contribution in [0.1, 0.15) is 32.6 Å². The van der Waals surface area contributed by atoms with Gasteiger partial charge in [-0.1, -0.05) is 18.5 Å². The lowest BCUT2D eigenvalue weighted by atomic mass is 9.91. The Hall–Kier alpha value is -0.140. The summed E-state index contributed by atoms with van der Waals surface area (Å²) in [6.45, 7) is 3.07. The molecule has 1 saturated carbocycles. The molecule has 0 bridgehead atoms. The summed E-state index contributed by atoms with van der Waals surface area (Å²) in [5.74, 6) is 0. The van der Waals surface area contributed by atoms with E-state index in [1.165, 1.54) is 4.31 Å². The number of thiophene rings is 1. The first kappa shape index (κ1) is 16.2. The molecule has 1 N–H and O–H groups in total. The van der Waals surface area contributed by atoms with Gasteiger partial charge in [0.1, 0.15) is 4.21 Å². The zero-order chi connectivity index (χ0) is 14.8. The van der Waals surface area contributed by atoms with Gasteiger partial charge in [-0.25, -0.2) is 8.42 Å². The molecule has 0 unspecified atom stereocenters. The molecule has 114 valence electrons. The van der Waals surface area contributed by atoms with Crippen molar-refractivity contribution in [2.24, 2.45) is 0 Å². The van der Waals surface area contributed by atoms with Gasteiger partial charge >= 0.3 is 0 Å². The van der Waals surface area contributed by atoms with Gasteiger partial charge in [0.2, 0.25) is 0 Å². The Bertz CT molecular complexity index is 536. The summed E-state index contributed by atoms with van der Waals surface area (Å²) in [6, 6.07) is 3.84. The second kappa shape index (κ2) is 6.75. The molecule has 0 aromatic carbocycles. The Balaban J connectivity index is 2.03. The maximum atomic E-state index is 12.5. The molecule has 0 radical (unpaired) electrons. The highest BCUT2D eigenvalue weighted by molar-refractivity contribution is 7.91.